The maximum absolute atomic E-state index is 3.95. The molecule has 1 N–H and O–H groups in total. The third kappa shape index (κ3) is 3.54. The summed E-state index contributed by atoms with van der Waals surface area (Å²) in [6.45, 7) is 4.77. The second kappa shape index (κ2) is 6.62. The normalized spacial score (nSPS) is 28.6. The minimum Gasteiger partial charge on any atom is -0.370 e. The van der Waals surface area contributed by atoms with Crippen molar-refractivity contribution in [2.75, 3.05) is 18.0 Å². The highest BCUT2D eigenvalue weighted by atomic mass is 15.2. The van der Waals surface area contributed by atoms with Crippen LogP contribution in [0.25, 0.3) is 0 Å². The smallest absolute Gasteiger partial charge is 0.0366 e. The van der Waals surface area contributed by atoms with E-state index in [-0.39, 0.29) is 0 Å². The fourth-order valence-electron chi connectivity index (χ4n) is 3.92. The Bertz CT molecular complexity index is 397. The van der Waals surface area contributed by atoms with Crippen molar-refractivity contribution in [1.82, 2.24) is 5.32 Å². The molecule has 3 rings (SSSR count). The van der Waals surface area contributed by atoms with Gasteiger partial charge in [-0.1, -0.05) is 44.4 Å². The first kappa shape index (κ1) is 13.9. The molecule has 1 saturated carbocycles. The van der Waals surface area contributed by atoms with Gasteiger partial charge < -0.3 is 10.2 Å². The number of nitrogens with zero attached hydrogens (tertiary/aromatic N) is 1. The molecule has 0 aromatic heterocycles. The zero-order valence-electron chi connectivity index (χ0n) is 12.7. The molecule has 110 valence electrons. The molecule has 1 aromatic rings. The van der Waals surface area contributed by atoms with Crippen LogP contribution in [0.5, 0.6) is 0 Å². The molecule has 2 fully saturated rings. The zero-order chi connectivity index (χ0) is 13.8. The number of hydrogen-bond donors (Lipinski definition) is 1. The van der Waals surface area contributed by atoms with Crippen LogP contribution in [0, 0.1) is 5.92 Å². The number of benzene rings is 1. The third-order valence-electron chi connectivity index (χ3n) is 4.86. The standard InChI is InChI=1S/C18H28N2/c1-15-12-17(19-16-8-4-2-5-9-16)14-20(13-15)18-10-6-3-7-11-18/h3,6-7,10-11,15-17,19H,2,4-5,8-9,12-14H2,1H3. The van der Waals surface area contributed by atoms with E-state index in [1.54, 1.807) is 0 Å². The van der Waals surface area contributed by atoms with E-state index in [1.807, 2.05) is 0 Å². The van der Waals surface area contributed by atoms with E-state index in [9.17, 15) is 0 Å². The predicted molar refractivity (Wildman–Crippen MR) is 86.2 cm³/mol. The quantitative estimate of drug-likeness (QED) is 0.900. The lowest BCUT2D eigenvalue weighted by Crippen LogP contribution is -2.52. The van der Waals surface area contributed by atoms with Crippen LogP contribution in [0.2, 0.25) is 0 Å². The summed E-state index contributed by atoms with van der Waals surface area (Å²) in [7, 11) is 0. The third-order valence-corrected chi connectivity index (χ3v) is 4.86. The number of hydrogen-bond acceptors (Lipinski definition) is 2. The van der Waals surface area contributed by atoms with Crippen LogP contribution >= 0.6 is 0 Å². The molecule has 20 heavy (non-hydrogen) atoms. The van der Waals surface area contributed by atoms with Crippen LogP contribution in [0.4, 0.5) is 5.69 Å². The lowest BCUT2D eigenvalue weighted by atomic mass is 9.91. The summed E-state index contributed by atoms with van der Waals surface area (Å²) in [4.78, 5) is 2.56. The van der Waals surface area contributed by atoms with Gasteiger partial charge in [-0.2, -0.15) is 0 Å². The van der Waals surface area contributed by atoms with Crippen molar-refractivity contribution in [2.24, 2.45) is 5.92 Å². The highest BCUT2D eigenvalue weighted by Crippen LogP contribution is 2.25. The molecule has 2 aliphatic rings. The molecule has 1 aliphatic heterocycles. The Morgan fingerprint density at radius 1 is 0.950 bits per heavy atom. The van der Waals surface area contributed by atoms with Crippen LogP contribution < -0.4 is 10.2 Å². The first-order chi connectivity index (χ1) is 9.81. The van der Waals surface area contributed by atoms with Crippen molar-refractivity contribution in [3.8, 4) is 0 Å². The second-order valence-electron chi connectivity index (χ2n) is 6.78. The summed E-state index contributed by atoms with van der Waals surface area (Å²) in [5.41, 5.74) is 1.38. The molecular weight excluding hydrogens is 244 g/mol. The van der Waals surface area contributed by atoms with Crippen molar-refractivity contribution in [3.63, 3.8) is 0 Å². The van der Waals surface area contributed by atoms with E-state index in [0.717, 1.165) is 12.0 Å². The van der Waals surface area contributed by atoms with Gasteiger partial charge in [0.15, 0.2) is 0 Å². The lowest BCUT2D eigenvalue weighted by Gasteiger charge is -2.40. The van der Waals surface area contributed by atoms with Gasteiger partial charge in [0.2, 0.25) is 0 Å². The molecule has 0 spiro atoms. The van der Waals surface area contributed by atoms with Crippen molar-refractivity contribution >= 4 is 5.69 Å². The summed E-state index contributed by atoms with van der Waals surface area (Å²) >= 11 is 0. The van der Waals surface area contributed by atoms with Crippen molar-refractivity contribution < 1.29 is 0 Å². The summed E-state index contributed by atoms with van der Waals surface area (Å²) in [5.74, 6) is 0.782. The Morgan fingerprint density at radius 3 is 2.45 bits per heavy atom. The van der Waals surface area contributed by atoms with Gasteiger partial charge in [0.05, 0.1) is 0 Å². The zero-order valence-corrected chi connectivity index (χ0v) is 12.7. The highest BCUT2D eigenvalue weighted by molar-refractivity contribution is 5.46. The van der Waals surface area contributed by atoms with E-state index < -0.39 is 0 Å². The van der Waals surface area contributed by atoms with Crippen molar-refractivity contribution in [1.29, 1.82) is 0 Å². The van der Waals surface area contributed by atoms with Gasteiger partial charge in [-0.3, -0.25) is 0 Å². The largest absolute Gasteiger partial charge is 0.370 e. The van der Waals surface area contributed by atoms with Crippen LogP contribution in [-0.2, 0) is 0 Å². The Morgan fingerprint density at radius 2 is 1.70 bits per heavy atom. The van der Waals surface area contributed by atoms with Crippen LogP contribution in [0.1, 0.15) is 45.4 Å². The molecule has 1 aliphatic carbocycles. The average Bonchev–Trinajstić information content (AvgIpc) is 2.49. The second-order valence-corrected chi connectivity index (χ2v) is 6.78. The number of piperidine rings is 1. The summed E-state index contributed by atoms with van der Waals surface area (Å²) in [5, 5.41) is 3.95. The molecule has 1 heterocycles. The molecule has 2 heteroatoms. The maximum atomic E-state index is 3.95. The molecule has 2 unspecified atom stereocenters. The van der Waals surface area contributed by atoms with Gasteiger partial charge in [-0.15, -0.1) is 0 Å². The van der Waals surface area contributed by atoms with E-state index >= 15 is 0 Å². The van der Waals surface area contributed by atoms with Gasteiger partial charge in [0.25, 0.3) is 0 Å². The molecule has 1 saturated heterocycles. The molecule has 2 nitrogen and oxygen atoms in total. The van der Waals surface area contributed by atoms with Gasteiger partial charge in [-0.25, -0.2) is 0 Å². The highest BCUT2D eigenvalue weighted by Gasteiger charge is 2.27. The summed E-state index contributed by atoms with van der Waals surface area (Å²) in [6.07, 6.45) is 8.38. The number of nitrogens with one attached hydrogen (secondary N) is 1. The van der Waals surface area contributed by atoms with Gasteiger partial charge in [0.1, 0.15) is 0 Å². The lowest BCUT2D eigenvalue weighted by molar-refractivity contribution is 0.285. The molecule has 0 bridgehead atoms. The monoisotopic (exact) mass is 272 g/mol. The van der Waals surface area contributed by atoms with E-state index in [2.05, 4.69) is 47.5 Å². The van der Waals surface area contributed by atoms with Crippen molar-refractivity contribution in [3.05, 3.63) is 30.3 Å². The average molecular weight is 272 g/mol. The Kier molecular flexibility index (Phi) is 4.62. The predicted octanol–water partition coefficient (Wildman–Crippen LogP) is 3.82. The number of para-hydroxylation sites is 1. The Hall–Kier alpha value is -1.02. The molecule has 1 aromatic carbocycles. The van der Waals surface area contributed by atoms with Gasteiger partial charge >= 0.3 is 0 Å². The number of rotatable bonds is 3. The van der Waals surface area contributed by atoms with Crippen LogP contribution in [-0.4, -0.2) is 25.2 Å². The minimum absolute atomic E-state index is 0.669. The first-order valence-electron chi connectivity index (χ1n) is 8.37. The fourth-order valence-corrected chi connectivity index (χ4v) is 3.92. The van der Waals surface area contributed by atoms with Gasteiger partial charge in [-0.05, 0) is 37.3 Å². The van der Waals surface area contributed by atoms with E-state index in [4.69, 9.17) is 0 Å². The number of anilines is 1. The molecule has 2 atom stereocenters. The maximum Gasteiger partial charge on any atom is 0.0366 e. The minimum atomic E-state index is 0.669. The fraction of sp³-hybridized carbons (Fsp3) is 0.667. The molecule has 0 radical (unpaired) electrons. The first-order valence-corrected chi connectivity index (χ1v) is 8.37. The summed E-state index contributed by atoms with van der Waals surface area (Å²) < 4.78 is 0. The molecule has 0 amide bonds. The van der Waals surface area contributed by atoms with Crippen LogP contribution in [0.15, 0.2) is 30.3 Å². The summed E-state index contributed by atoms with van der Waals surface area (Å²) in [6, 6.07) is 12.3. The van der Waals surface area contributed by atoms with Crippen LogP contribution in [0.3, 0.4) is 0 Å². The van der Waals surface area contributed by atoms with Crippen molar-refractivity contribution in [2.45, 2.75) is 57.5 Å². The topological polar surface area (TPSA) is 15.3 Å². The molecular formula is C18H28N2. The van der Waals surface area contributed by atoms with E-state index in [0.29, 0.717) is 6.04 Å². The SMILES string of the molecule is CC1CC(NC2CCCCC2)CN(c2ccccc2)C1. The van der Waals surface area contributed by atoms with Gasteiger partial charge in [0, 0.05) is 30.9 Å². The van der Waals surface area contributed by atoms with E-state index in [1.165, 1.54) is 57.3 Å². The Balaban J connectivity index is 1.61. The Labute approximate surface area is 123 Å².